The standard InChI is InChI=1S/C9H6ClNO4/c12-10(13,14)15-9-2-1-7-3-4-11-6-8(7)5-9/h1-6H. The van der Waals surface area contributed by atoms with Crippen molar-refractivity contribution in [3.63, 3.8) is 0 Å². The zero-order valence-electron chi connectivity index (χ0n) is 7.42. The highest BCUT2D eigenvalue weighted by molar-refractivity contribution is 5.82. The van der Waals surface area contributed by atoms with Crippen LogP contribution in [-0.4, -0.2) is 4.98 Å². The van der Waals surface area contributed by atoms with Crippen molar-refractivity contribution >= 4 is 10.8 Å². The summed E-state index contributed by atoms with van der Waals surface area (Å²) < 4.78 is 35.1. The lowest BCUT2D eigenvalue weighted by atomic mass is 10.2. The summed E-state index contributed by atoms with van der Waals surface area (Å²) in [5.74, 6) is -0.0211. The highest BCUT2D eigenvalue weighted by atomic mass is 35.7. The van der Waals surface area contributed by atoms with E-state index in [1.807, 2.05) is 0 Å². The molecule has 0 aliphatic heterocycles. The Morgan fingerprint density at radius 2 is 1.87 bits per heavy atom. The summed E-state index contributed by atoms with van der Waals surface area (Å²) >= 11 is 0. The Morgan fingerprint density at radius 1 is 1.07 bits per heavy atom. The normalized spacial score (nSPS) is 11.7. The summed E-state index contributed by atoms with van der Waals surface area (Å²) in [5.41, 5.74) is 0. The number of halogens is 1. The molecule has 2 aromatic rings. The Balaban J connectivity index is 2.39. The molecule has 0 saturated heterocycles. The quantitative estimate of drug-likeness (QED) is 0.623. The first-order chi connectivity index (χ1) is 7.04. The summed E-state index contributed by atoms with van der Waals surface area (Å²) in [6, 6.07) is 6.26. The Kier molecular flexibility index (Phi) is 2.45. The monoisotopic (exact) mass is 227 g/mol. The molecule has 15 heavy (non-hydrogen) atoms. The largest absolute Gasteiger partial charge is 0.288 e. The van der Waals surface area contributed by atoms with Crippen LogP contribution in [0.3, 0.4) is 0 Å². The minimum absolute atomic E-state index is 0.0211. The van der Waals surface area contributed by atoms with Crippen LogP contribution in [-0.2, 0) is 0 Å². The number of hydrogen-bond acceptors (Lipinski definition) is 5. The molecule has 0 aliphatic rings. The third kappa shape index (κ3) is 2.54. The first kappa shape index (κ1) is 10.1. The molecule has 1 aromatic carbocycles. The highest BCUT2D eigenvalue weighted by Gasteiger charge is 2.19. The van der Waals surface area contributed by atoms with Crippen LogP contribution in [0.15, 0.2) is 36.7 Å². The minimum Gasteiger partial charge on any atom is -0.264 e. The average Bonchev–Trinajstić information content (AvgIpc) is 2.15. The van der Waals surface area contributed by atoms with Gasteiger partial charge in [-0.3, -0.25) is 4.98 Å². The van der Waals surface area contributed by atoms with Gasteiger partial charge >= 0.3 is 0 Å². The summed E-state index contributed by atoms with van der Waals surface area (Å²) in [4.78, 5) is 3.87. The van der Waals surface area contributed by atoms with Gasteiger partial charge in [0.15, 0.2) is 0 Å². The molecule has 1 aromatic heterocycles. The van der Waals surface area contributed by atoms with E-state index in [-0.39, 0.29) is 5.75 Å². The van der Waals surface area contributed by atoms with Crippen molar-refractivity contribution in [3.8, 4) is 5.75 Å². The molecule has 2 rings (SSSR count). The lowest BCUT2D eigenvalue weighted by Crippen LogP contribution is -2.63. The van der Waals surface area contributed by atoms with Crippen molar-refractivity contribution in [2.45, 2.75) is 0 Å². The molecule has 5 nitrogen and oxygen atoms in total. The van der Waals surface area contributed by atoms with Crippen molar-refractivity contribution in [1.29, 1.82) is 0 Å². The van der Waals surface area contributed by atoms with Crippen LogP contribution in [0, 0.1) is 10.2 Å². The van der Waals surface area contributed by atoms with Crippen LogP contribution in [0.5, 0.6) is 5.75 Å². The predicted octanol–water partition coefficient (Wildman–Crippen LogP) is -1.49. The van der Waals surface area contributed by atoms with Crippen molar-refractivity contribution in [2.24, 2.45) is 0 Å². The highest BCUT2D eigenvalue weighted by Crippen LogP contribution is 2.20. The molecule has 1 heterocycles. The molecule has 0 N–H and O–H groups in total. The molecule has 0 bridgehead atoms. The number of pyridine rings is 1. The van der Waals surface area contributed by atoms with Gasteiger partial charge in [0.1, 0.15) is 10.2 Å². The van der Waals surface area contributed by atoms with Gasteiger partial charge in [0.2, 0.25) is 0 Å². The first-order valence-electron chi connectivity index (χ1n) is 3.99. The van der Waals surface area contributed by atoms with Crippen LogP contribution in [0.25, 0.3) is 10.8 Å². The molecule has 0 saturated carbocycles. The van der Waals surface area contributed by atoms with Crippen LogP contribution < -0.4 is 18.3 Å². The summed E-state index contributed by atoms with van der Waals surface area (Å²) in [6.45, 7) is 0. The fourth-order valence-corrected chi connectivity index (χ4v) is 1.53. The van der Waals surface area contributed by atoms with Gasteiger partial charge < -0.3 is 0 Å². The lowest BCUT2D eigenvalue weighted by molar-refractivity contribution is -1.91. The van der Waals surface area contributed by atoms with Gasteiger partial charge in [-0.05, 0) is 23.6 Å². The van der Waals surface area contributed by atoms with E-state index in [0.29, 0.717) is 5.39 Å². The Morgan fingerprint density at radius 3 is 2.60 bits per heavy atom. The van der Waals surface area contributed by atoms with E-state index in [1.54, 1.807) is 24.5 Å². The van der Waals surface area contributed by atoms with E-state index in [1.165, 1.54) is 12.1 Å². The third-order valence-corrected chi connectivity index (χ3v) is 2.16. The number of fused-ring (bicyclic) bond motifs is 1. The summed E-state index contributed by atoms with van der Waals surface area (Å²) in [6.07, 6.45) is 3.17. The predicted molar refractivity (Wildman–Crippen MR) is 42.4 cm³/mol. The zero-order chi connectivity index (χ0) is 10.9. The summed E-state index contributed by atoms with van der Waals surface area (Å²) in [7, 11) is -4.45. The van der Waals surface area contributed by atoms with E-state index >= 15 is 0 Å². The average molecular weight is 228 g/mol. The van der Waals surface area contributed by atoms with Crippen LogP contribution in [0.2, 0.25) is 0 Å². The summed E-state index contributed by atoms with van der Waals surface area (Å²) in [5, 5.41) is 1.59. The van der Waals surface area contributed by atoms with E-state index in [4.69, 9.17) is 0 Å². The topological polar surface area (TPSA) is 91.3 Å². The third-order valence-electron chi connectivity index (χ3n) is 1.80. The smallest absolute Gasteiger partial charge is 0.264 e. The van der Waals surface area contributed by atoms with Crippen molar-refractivity contribution in [1.82, 2.24) is 4.98 Å². The van der Waals surface area contributed by atoms with Crippen LogP contribution in [0.4, 0.5) is 0 Å². The fraction of sp³-hybridized carbons (Fsp3) is 0. The number of aromatic nitrogens is 1. The van der Waals surface area contributed by atoms with Crippen LogP contribution in [0.1, 0.15) is 0 Å². The Hall–Kier alpha value is -1.40. The van der Waals surface area contributed by atoms with Gasteiger partial charge in [-0.2, -0.15) is 14.0 Å². The zero-order valence-corrected chi connectivity index (χ0v) is 8.18. The Labute approximate surface area is 87.3 Å². The van der Waals surface area contributed by atoms with Gasteiger partial charge in [0.05, 0.1) is 0 Å². The molecular formula is C9H6ClNO4. The van der Waals surface area contributed by atoms with E-state index in [0.717, 1.165) is 5.39 Å². The van der Waals surface area contributed by atoms with E-state index < -0.39 is 10.2 Å². The molecule has 0 fully saturated rings. The van der Waals surface area contributed by atoms with E-state index in [9.17, 15) is 14.0 Å². The number of nitrogens with zero attached hydrogens (tertiary/aromatic N) is 1. The second kappa shape index (κ2) is 3.63. The number of rotatable bonds is 2. The van der Waals surface area contributed by atoms with Gasteiger partial charge in [0.25, 0.3) is 5.75 Å². The van der Waals surface area contributed by atoms with E-state index in [2.05, 4.69) is 9.27 Å². The molecule has 0 amide bonds. The van der Waals surface area contributed by atoms with Crippen molar-refractivity contribution < 1.29 is 28.5 Å². The molecule has 78 valence electrons. The minimum atomic E-state index is -4.45. The number of hydrogen-bond donors (Lipinski definition) is 0. The Bertz CT molecular complexity index is 483. The van der Waals surface area contributed by atoms with Gasteiger partial charge in [-0.25, -0.2) is 0 Å². The van der Waals surface area contributed by atoms with Gasteiger partial charge in [0, 0.05) is 23.8 Å². The van der Waals surface area contributed by atoms with Gasteiger partial charge in [-0.1, -0.05) is 4.29 Å². The maximum atomic E-state index is 10.3. The van der Waals surface area contributed by atoms with Crippen LogP contribution >= 0.6 is 0 Å². The SMILES string of the molecule is [O-][Cl+3]([O-])([O-])Oc1ccc2ccncc2c1. The molecule has 0 unspecified atom stereocenters. The van der Waals surface area contributed by atoms with Gasteiger partial charge in [-0.15, -0.1) is 0 Å². The molecule has 6 heteroatoms. The lowest BCUT2D eigenvalue weighted by Gasteiger charge is -2.12. The molecule has 0 radical (unpaired) electrons. The fourth-order valence-electron chi connectivity index (χ4n) is 1.22. The first-order valence-corrected chi connectivity index (χ1v) is 5.22. The molecule has 0 spiro atoms. The molecule has 0 aliphatic carbocycles. The molecular weight excluding hydrogens is 222 g/mol. The molecule has 0 atom stereocenters. The maximum absolute atomic E-state index is 10.3. The second-order valence-electron chi connectivity index (χ2n) is 2.84. The maximum Gasteiger partial charge on any atom is 0.288 e. The second-order valence-corrected chi connectivity index (χ2v) is 3.75. The van der Waals surface area contributed by atoms with Crippen molar-refractivity contribution in [2.75, 3.05) is 0 Å². The van der Waals surface area contributed by atoms with Crippen molar-refractivity contribution in [3.05, 3.63) is 36.7 Å². The number of benzene rings is 1.